The number of primary amides is 1. The Hall–Kier alpha value is -1.38. The summed E-state index contributed by atoms with van der Waals surface area (Å²) in [4.78, 5) is 14.9. The minimum absolute atomic E-state index is 0.300. The van der Waals surface area contributed by atoms with E-state index < -0.39 is 0 Å². The van der Waals surface area contributed by atoms with E-state index in [2.05, 4.69) is 4.98 Å². The maximum absolute atomic E-state index is 10.8. The Kier molecular flexibility index (Phi) is 2.43. The van der Waals surface area contributed by atoms with Gasteiger partial charge >= 0.3 is 0 Å². The van der Waals surface area contributed by atoms with E-state index in [0.717, 1.165) is 11.3 Å². The van der Waals surface area contributed by atoms with Crippen molar-refractivity contribution in [3.63, 3.8) is 0 Å². The first-order valence-electron chi connectivity index (χ1n) is 3.83. The second kappa shape index (κ2) is 3.34. The molecule has 0 saturated heterocycles. The minimum Gasteiger partial charge on any atom is -0.369 e. The zero-order valence-electron chi connectivity index (χ0n) is 7.24. The van der Waals surface area contributed by atoms with Gasteiger partial charge in [-0.15, -0.1) is 0 Å². The number of amides is 1. The Bertz CT molecular complexity index is 279. The van der Waals surface area contributed by atoms with E-state index in [0.29, 0.717) is 0 Å². The second-order valence-corrected chi connectivity index (χ2v) is 2.88. The molecule has 3 nitrogen and oxygen atoms in total. The molecule has 0 radical (unpaired) electrons. The standard InChI is InChI=1S/C9H12N2O/c1-6-3-4-8(11-5-6)7(2)9(10)12/h3-5,7H,1-2H3,(H2,10,12). The van der Waals surface area contributed by atoms with E-state index in [4.69, 9.17) is 5.73 Å². The van der Waals surface area contributed by atoms with Gasteiger partial charge in [-0.25, -0.2) is 0 Å². The number of pyridine rings is 1. The number of rotatable bonds is 2. The minimum atomic E-state index is -0.341. The average molecular weight is 164 g/mol. The fourth-order valence-corrected chi connectivity index (χ4v) is 0.881. The first-order valence-corrected chi connectivity index (χ1v) is 3.83. The normalized spacial score (nSPS) is 12.5. The van der Waals surface area contributed by atoms with Gasteiger partial charge < -0.3 is 5.73 Å². The van der Waals surface area contributed by atoms with Crippen LogP contribution in [0, 0.1) is 6.92 Å². The fourth-order valence-electron chi connectivity index (χ4n) is 0.881. The third-order valence-electron chi connectivity index (χ3n) is 1.80. The van der Waals surface area contributed by atoms with E-state index >= 15 is 0 Å². The molecule has 0 saturated carbocycles. The summed E-state index contributed by atoms with van der Waals surface area (Å²) < 4.78 is 0. The Morgan fingerprint density at radius 3 is 2.67 bits per heavy atom. The lowest BCUT2D eigenvalue weighted by Gasteiger charge is -2.05. The maximum atomic E-state index is 10.8. The molecule has 12 heavy (non-hydrogen) atoms. The van der Waals surface area contributed by atoms with E-state index in [9.17, 15) is 4.79 Å². The molecule has 0 bridgehead atoms. The predicted octanol–water partition coefficient (Wildman–Crippen LogP) is 0.979. The molecule has 1 amide bonds. The monoisotopic (exact) mass is 164 g/mol. The number of hydrogen-bond donors (Lipinski definition) is 1. The largest absolute Gasteiger partial charge is 0.369 e. The molecule has 1 heterocycles. The van der Waals surface area contributed by atoms with Crippen LogP contribution in [-0.4, -0.2) is 10.9 Å². The molecule has 3 heteroatoms. The summed E-state index contributed by atoms with van der Waals surface area (Å²) in [7, 11) is 0. The van der Waals surface area contributed by atoms with Crippen LogP contribution in [0.25, 0.3) is 0 Å². The molecule has 1 atom stereocenters. The van der Waals surface area contributed by atoms with Gasteiger partial charge in [0.2, 0.25) is 5.91 Å². The third kappa shape index (κ3) is 1.81. The highest BCUT2D eigenvalue weighted by atomic mass is 16.1. The summed E-state index contributed by atoms with van der Waals surface area (Å²) >= 11 is 0. The molecule has 1 aromatic heterocycles. The van der Waals surface area contributed by atoms with Gasteiger partial charge in [0.05, 0.1) is 11.6 Å². The Morgan fingerprint density at radius 1 is 1.58 bits per heavy atom. The van der Waals surface area contributed by atoms with Gasteiger partial charge in [0.25, 0.3) is 0 Å². The molecule has 0 spiro atoms. The van der Waals surface area contributed by atoms with Crippen molar-refractivity contribution in [3.8, 4) is 0 Å². The summed E-state index contributed by atoms with van der Waals surface area (Å²) in [6.45, 7) is 3.70. The van der Waals surface area contributed by atoms with Gasteiger partial charge in [0.1, 0.15) is 0 Å². The highest BCUT2D eigenvalue weighted by molar-refractivity contribution is 5.80. The number of nitrogens with zero attached hydrogens (tertiary/aromatic N) is 1. The second-order valence-electron chi connectivity index (χ2n) is 2.88. The van der Waals surface area contributed by atoms with Crippen LogP contribution in [0.5, 0.6) is 0 Å². The molecule has 1 unspecified atom stereocenters. The van der Waals surface area contributed by atoms with Gasteiger partial charge in [-0.05, 0) is 25.5 Å². The third-order valence-corrected chi connectivity index (χ3v) is 1.80. The molecule has 0 aliphatic rings. The smallest absolute Gasteiger partial charge is 0.226 e. The van der Waals surface area contributed by atoms with Gasteiger partial charge in [-0.2, -0.15) is 0 Å². The van der Waals surface area contributed by atoms with E-state index in [1.165, 1.54) is 0 Å². The van der Waals surface area contributed by atoms with Crippen molar-refractivity contribution in [1.82, 2.24) is 4.98 Å². The Morgan fingerprint density at radius 2 is 2.25 bits per heavy atom. The van der Waals surface area contributed by atoms with Crippen LogP contribution < -0.4 is 5.73 Å². The molecule has 1 rings (SSSR count). The van der Waals surface area contributed by atoms with Crippen LogP contribution in [0.2, 0.25) is 0 Å². The van der Waals surface area contributed by atoms with Gasteiger partial charge in [-0.3, -0.25) is 9.78 Å². The quantitative estimate of drug-likeness (QED) is 0.708. The zero-order chi connectivity index (χ0) is 9.14. The predicted molar refractivity (Wildman–Crippen MR) is 46.6 cm³/mol. The van der Waals surface area contributed by atoms with Gasteiger partial charge in [-0.1, -0.05) is 6.07 Å². The molecule has 0 aromatic carbocycles. The van der Waals surface area contributed by atoms with Crippen LogP contribution in [0.4, 0.5) is 0 Å². The number of aromatic nitrogens is 1. The van der Waals surface area contributed by atoms with Crippen LogP contribution in [0.3, 0.4) is 0 Å². The molecule has 0 aliphatic heterocycles. The number of hydrogen-bond acceptors (Lipinski definition) is 2. The average Bonchev–Trinajstić information content (AvgIpc) is 2.04. The fraction of sp³-hybridized carbons (Fsp3) is 0.333. The Labute approximate surface area is 71.6 Å². The van der Waals surface area contributed by atoms with Crippen molar-refractivity contribution in [2.75, 3.05) is 0 Å². The summed E-state index contributed by atoms with van der Waals surface area (Å²) in [5, 5.41) is 0. The van der Waals surface area contributed by atoms with Crippen LogP contribution in [-0.2, 0) is 4.79 Å². The van der Waals surface area contributed by atoms with Gasteiger partial charge in [0, 0.05) is 6.20 Å². The van der Waals surface area contributed by atoms with Crippen molar-refractivity contribution < 1.29 is 4.79 Å². The first kappa shape index (κ1) is 8.71. The molecular formula is C9H12N2O. The number of carbonyl (C=O) groups is 1. The number of aryl methyl sites for hydroxylation is 1. The van der Waals surface area contributed by atoms with Crippen molar-refractivity contribution in [2.45, 2.75) is 19.8 Å². The van der Waals surface area contributed by atoms with Crippen molar-refractivity contribution >= 4 is 5.91 Å². The molecule has 0 fully saturated rings. The highest BCUT2D eigenvalue weighted by Crippen LogP contribution is 2.11. The van der Waals surface area contributed by atoms with Crippen LogP contribution in [0.1, 0.15) is 24.1 Å². The van der Waals surface area contributed by atoms with Crippen LogP contribution in [0.15, 0.2) is 18.3 Å². The maximum Gasteiger partial charge on any atom is 0.226 e. The molecule has 0 aliphatic carbocycles. The lowest BCUT2D eigenvalue weighted by atomic mass is 10.1. The topological polar surface area (TPSA) is 56.0 Å². The molecule has 2 N–H and O–H groups in total. The molecular weight excluding hydrogens is 152 g/mol. The van der Waals surface area contributed by atoms with E-state index in [-0.39, 0.29) is 11.8 Å². The van der Waals surface area contributed by atoms with Crippen LogP contribution >= 0.6 is 0 Å². The van der Waals surface area contributed by atoms with E-state index in [1.807, 2.05) is 19.1 Å². The zero-order valence-corrected chi connectivity index (χ0v) is 7.24. The molecule has 64 valence electrons. The van der Waals surface area contributed by atoms with Gasteiger partial charge in [0.15, 0.2) is 0 Å². The SMILES string of the molecule is Cc1ccc(C(C)C(N)=O)nc1. The summed E-state index contributed by atoms with van der Waals surface area (Å²) in [5.41, 5.74) is 6.94. The number of carbonyl (C=O) groups excluding carboxylic acids is 1. The van der Waals surface area contributed by atoms with E-state index in [1.54, 1.807) is 13.1 Å². The lowest BCUT2D eigenvalue weighted by Crippen LogP contribution is -2.19. The molecule has 1 aromatic rings. The van der Waals surface area contributed by atoms with Crippen molar-refractivity contribution in [3.05, 3.63) is 29.6 Å². The lowest BCUT2D eigenvalue weighted by molar-refractivity contribution is -0.119. The Balaban J connectivity index is 2.89. The van der Waals surface area contributed by atoms with Crippen molar-refractivity contribution in [1.29, 1.82) is 0 Å². The number of nitrogens with two attached hydrogens (primary N) is 1. The summed E-state index contributed by atoms with van der Waals surface area (Å²) in [6.07, 6.45) is 1.73. The summed E-state index contributed by atoms with van der Waals surface area (Å²) in [6, 6.07) is 3.74. The summed E-state index contributed by atoms with van der Waals surface area (Å²) in [5.74, 6) is -0.642. The highest BCUT2D eigenvalue weighted by Gasteiger charge is 2.11. The first-order chi connectivity index (χ1) is 5.61. The van der Waals surface area contributed by atoms with Crippen molar-refractivity contribution in [2.24, 2.45) is 5.73 Å².